The molecule has 23 heavy (non-hydrogen) atoms. The molecule has 0 unspecified atom stereocenters. The molecule has 3 heterocycles. The zero-order valence-electron chi connectivity index (χ0n) is 12.2. The van der Waals surface area contributed by atoms with Gasteiger partial charge in [0, 0.05) is 24.7 Å². The highest BCUT2D eigenvalue weighted by Crippen LogP contribution is 2.23. The van der Waals surface area contributed by atoms with Crippen molar-refractivity contribution in [2.45, 2.75) is 12.5 Å². The quantitative estimate of drug-likeness (QED) is 0.732. The third-order valence-corrected chi connectivity index (χ3v) is 4.09. The molecule has 1 aliphatic rings. The van der Waals surface area contributed by atoms with Gasteiger partial charge in [-0.2, -0.15) is 10.4 Å². The largest absolute Gasteiger partial charge is 0.356 e. The van der Waals surface area contributed by atoms with Crippen LogP contribution in [0.15, 0.2) is 41.2 Å². The van der Waals surface area contributed by atoms with Gasteiger partial charge < -0.3 is 9.42 Å². The number of para-hydroxylation sites is 1. The number of nitriles is 1. The molecule has 0 atom stereocenters. The number of hydrogen-bond acceptors (Lipinski definition) is 5. The summed E-state index contributed by atoms with van der Waals surface area (Å²) in [4.78, 5) is 14.1. The van der Waals surface area contributed by atoms with Gasteiger partial charge in [0.2, 0.25) is 5.91 Å². The Morgan fingerprint density at radius 3 is 3.00 bits per heavy atom. The molecule has 3 aromatic rings. The number of aromatic nitrogens is 3. The van der Waals surface area contributed by atoms with Gasteiger partial charge in [-0.05, 0) is 12.1 Å². The molecule has 7 heteroatoms. The van der Waals surface area contributed by atoms with E-state index in [2.05, 4.69) is 10.3 Å². The van der Waals surface area contributed by atoms with Crippen molar-refractivity contribution in [1.82, 2.24) is 19.8 Å². The van der Waals surface area contributed by atoms with E-state index in [1.54, 1.807) is 15.8 Å². The third kappa shape index (κ3) is 2.34. The van der Waals surface area contributed by atoms with Gasteiger partial charge in [0.25, 0.3) is 0 Å². The number of hydrogen-bond donors (Lipinski definition) is 0. The van der Waals surface area contributed by atoms with Gasteiger partial charge >= 0.3 is 0 Å². The number of likely N-dealkylation sites (tertiary alicyclic amines) is 1. The highest BCUT2D eigenvalue weighted by molar-refractivity contribution is 5.86. The van der Waals surface area contributed by atoms with Gasteiger partial charge in [0.15, 0.2) is 5.58 Å². The molecule has 0 aliphatic carbocycles. The molecular formula is C16H13N5O2. The lowest BCUT2D eigenvalue weighted by molar-refractivity contribution is -0.136. The molecule has 4 rings (SSSR count). The Morgan fingerprint density at radius 1 is 1.39 bits per heavy atom. The maximum Gasteiger partial charge on any atom is 0.228 e. The van der Waals surface area contributed by atoms with Gasteiger partial charge in [-0.15, -0.1) is 0 Å². The summed E-state index contributed by atoms with van der Waals surface area (Å²) in [6, 6.07) is 9.69. The molecular weight excluding hydrogens is 294 g/mol. The fourth-order valence-electron chi connectivity index (χ4n) is 2.74. The number of benzene rings is 1. The van der Waals surface area contributed by atoms with Crippen LogP contribution in [0.3, 0.4) is 0 Å². The number of fused-ring (bicyclic) bond motifs is 1. The first-order valence-corrected chi connectivity index (χ1v) is 7.30. The van der Waals surface area contributed by atoms with Crippen molar-refractivity contribution in [3.05, 3.63) is 47.9 Å². The van der Waals surface area contributed by atoms with Crippen LogP contribution >= 0.6 is 0 Å². The van der Waals surface area contributed by atoms with E-state index in [0.29, 0.717) is 29.9 Å². The van der Waals surface area contributed by atoms with E-state index < -0.39 is 0 Å². The Labute approximate surface area is 131 Å². The summed E-state index contributed by atoms with van der Waals surface area (Å²) in [6.45, 7) is 1.20. The van der Waals surface area contributed by atoms with Crippen LogP contribution in [0.4, 0.5) is 0 Å². The fraction of sp³-hybridized carbons (Fsp3) is 0.250. The van der Waals surface area contributed by atoms with E-state index >= 15 is 0 Å². The lowest BCUT2D eigenvalue weighted by Crippen LogP contribution is -2.51. The van der Waals surface area contributed by atoms with Crippen molar-refractivity contribution in [2.24, 2.45) is 0 Å². The van der Waals surface area contributed by atoms with Crippen LogP contribution in [0, 0.1) is 11.3 Å². The van der Waals surface area contributed by atoms with Crippen molar-refractivity contribution in [3.63, 3.8) is 0 Å². The molecule has 2 aromatic heterocycles. The molecule has 114 valence electrons. The fourth-order valence-corrected chi connectivity index (χ4v) is 2.74. The van der Waals surface area contributed by atoms with Gasteiger partial charge in [-0.1, -0.05) is 17.3 Å². The summed E-state index contributed by atoms with van der Waals surface area (Å²) in [6.07, 6.45) is 3.47. The Hall–Kier alpha value is -3.14. The molecule has 1 fully saturated rings. The first-order chi connectivity index (χ1) is 11.2. The maximum atomic E-state index is 12.3. The van der Waals surface area contributed by atoms with Gasteiger partial charge in [-0.3, -0.25) is 9.48 Å². The van der Waals surface area contributed by atoms with E-state index in [4.69, 9.17) is 9.78 Å². The SMILES string of the molecule is N#Cc1cnn(C2CN(C(=O)Cc3noc4ccccc34)C2)c1. The minimum Gasteiger partial charge on any atom is -0.356 e. The van der Waals surface area contributed by atoms with Crippen LogP contribution in [-0.4, -0.2) is 38.8 Å². The lowest BCUT2D eigenvalue weighted by Gasteiger charge is -2.39. The first kappa shape index (κ1) is 13.5. The van der Waals surface area contributed by atoms with Gasteiger partial charge in [-0.25, -0.2) is 0 Å². The Kier molecular flexibility index (Phi) is 3.08. The molecule has 0 radical (unpaired) electrons. The molecule has 0 N–H and O–H groups in total. The molecule has 7 nitrogen and oxygen atoms in total. The Bertz CT molecular complexity index is 914. The van der Waals surface area contributed by atoms with Crippen molar-refractivity contribution >= 4 is 16.9 Å². The average molecular weight is 307 g/mol. The third-order valence-electron chi connectivity index (χ3n) is 4.09. The molecule has 1 aromatic carbocycles. The summed E-state index contributed by atoms with van der Waals surface area (Å²) in [5, 5.41) is 17.8. The second kappa shape index (κ2) is 5.25. The summed E-state index contributed by atoms with van der Waals surface area (Å²) < 4.78 is 6.97. The Balaban J connectivity index is 1.41. The predicted octanol–water partition coefficient (Wildman–Crippen LogP) is 1.52. The average Bonchev–Trinajstić information content (AvgIpc) is 3.14. The van der Waals surface area contributed by atoms with Crippen LogP contribution < -0.4 is 0 Å². The molecule has 1 saturated heterocycles. The topological polar surface area (TPSA) is 88.0 Å². The molecule has 1 amide bonds. The van der Waals surface area contributed by atoms with Gasteiger partial charge in [0.05, 0.1) is 24.2 Å². The zero-order chi connectivity index (χ0) is 15.8. The Morgan fingerprint density at radius 2 is 2.22 bits per heavy atom. The van der Waals surface area contributed by atoms with Crippen LogP contribution in [0.25, 0.3) is 11.0 Å². The van der Waals surface area contributed by atoms with Crippen molar-refractivity contribution in [3.8, 4) is 6.07 Å². The van der Waals surface area contributed by atoms with E-state index in [1.807, 2.05) is 30.3 Å². The van der Waals surface area contributed by atoms with E-state index in [1.165, 1.54) is 6.20 Å². The second-order valence-electron chi connectivity index (χ2n) is 5.58. The number of nitrogens with zero attached hydrogens (tertiary/aromatic N) is 5. The molecule has 0 saturated carbocycles. The number of carbonyl (C=O) groups excluding carboxylic acids is 1. The summed E-state index contributed by atoms with van der Waals surface area (Å²) >= 11 is 0. The van der Waals surface area contributed by atoms with E-state index in [-0.39, 0.29) is 18.4 Å². The van der Waals surface area contributed by atoms with Crippen LogP contribution in [-0.2, 0) is 11.2 Å². The molecule has 0 spiro atoms. The highest BCUT2D eigenvalue weighted by atomic mass is 16.5. The smallest absolute Gasteiger partial charge is 0.228 e. The predicted molar refractivity (Wildman–Crippen MR) is 80.3 cm³/mol. The monoisotopic (exact) mass is 307 g/mol. The summed E-state index contributed by atoms with van der Waals surface area (Å²) in [5.74, 6) is 0.0213. The number of rotatable bonds is 3. The van der Waals surface area contributed by atoms with Crippen molar-refractivity contribution in [2.75, 3.05) is 13.1 Å². The van der Waals surface area contributed by atoms with Crippen molar-refractivity contribution in [1.29, 1.82) is 5.26 Å². The van der Waals surface area contributed by atoms with Gasteiger partial charge in [0.1, 0.15) is 11.8 Å². The molecule has 0 bridgehead atoms. The highest BCUT2D eigenvalue weighted by Gasteiger charge is 2.32. The standard InChI is InChI=1S/C16H13N5O2/c17-6-11-7-18-21(8-11)12-9-20(10-12)16(22)5-14-13-3-1-2-4-15(13)23-19-14/h1-4,7-8,12H,5,9-10H2. The zero-order valence-corrected chi connectivity index (χ0v) is 12.2. The van der Waals surface area contributed by atoms with E-state index in [9.17, 15) is 4.79 Å². The minimum atomic E-state index is 0.0213. The summed E-state index contributed by atoms with van der Waals surface area (Å²) in [7, 11) is 0. The number of amides is 1. The first-order valence-electron chi connectivity index (χ1n) is 7.30. The lowest BCUT2D eigenvalue weighted by atomic mass is 10.1. The summed E-state index contributed by atoms with van der Waals surface area (Å²) in [5.41, 5.74) is 1.89. The maximum absolute atomic E-state index is 12.3. The van der Waals surface area contributed by atoms with Crippen LogP contribution in [0.2, 0.25) is 0 Å². The van der Waals surface area contributed by atoms with Crippen LogP contribution in [0.1, 0.15) is 17.3 Å². The number of carbonyl (C=O) groups is 1. The normalized spacial score (nSPS) is 14.7. The van der Waals surface area contributed by atoms with Crippen LogP contribution in [0.5, 0.6) is 0 Å². The second-order valence-corrected chi connectivity index (χ2v) is 5.58. The van der Waals surface area contributed by atoms with Crippen molar-refractivity contribution < 1.29 is 9.32 Å². The van der Waals surface area contributed by atoms with E-state index in [0.717, 1.165) is 5.39 Å². The minimum absolute atomic E-state index is 0.0213. The molecule has 1 aliphatic heterocycles.